The van der Waals surface area contributed by atoms with E-state index in [1.165, 1.54) is 4.90 Å². The summed E-state index contributed by atoms with van der Waals surface area (Å²) >= 11 is 4.35. The molecule has 10 heteroatoms. The van der Waals surface area contributed by atoms with Crippen molar-refractivity contribution in [1.29, 1.82) is 0 Å². The molecular weight excluding hydrogens is 578 g/mol. The number of nitrogens with zero attached hydrogens (tertiary/aromatic N) is 1. The van der Waals surface area contributed by atoms with E-state index in [1.807, 2.05) is 49.4 Å². The van der Waals surface area contributed by atoms with Gasteiger partial charge in [-0.25, -0.2) is 9.59 Å². The molecule has 3 amide bonds. The predicted octanol–water partition coefficient (Wildman–Crippen LogP) is 5.56. The Morgan fingerprint density at radius 3 is 1.80 bits per heavy atom. The van der Waals surface area contributed by atoms with E-state index in [2.05, 4.69) is 23.3 Å². The topological polar surface area (TPSA) is 114 Å². The zero-order valence-corrected chi connectivity index (χ0v) is 28.6. The SMILES string of the molecule is Cc1ccc(C(C(=O)NC(Cc2ccccc2)C(=O)OC(C)(C)C)N(C(=O)C(CS)NC(=O)OC(C)(C)C)C(C)(C)C)cc1. The lowest BCUT2D eigenvalue weighted by Gasteiger charge is -2.43. The highest BCUT2D eigenvalue weighted by molar-refractivity contribution is 7.80. The maximum Gasteiger partial charge on any atom is 0.408 e. The lowest BCUT2D eigenvalue weighted by Crippen LogP contribution is -2.60. The Morgan fingerprint density at radius 1 is 0.773 bits per heavy atom. The average Bonchev–Trinajstić information content (AvgIpc) is 2.88. The number of thiol groups is 1. The van der Waals surface area contributed by atoms with Crippen molar-refractivity contribution in [2.75, 3.05) is 5.75 Å². The molecule has 0 bridgehead atoms. The largest absolute Gasteiger partial charge is 0.458 e. The van der Waals surface area contributed by atoms with Crippen LogP contribution in [0.2, 0.25) is 0 Å². The van der Waals surface area contributed by atoms with Crippen molar-refractivity contribution in [2.24, 2.45) is 0 Å². The maximum atomic E-state index is 14.4. The van der Waals surface area contributed by atoms with Crippen LogP contribution in [-0.2, 0) is 30.3 Å². The number of nitrogens with one attached hydrogen (secondary N) is 2. The summed E-state index contributed by atoms with van der Waals surface area (Å²) in [7, 11) is 0. The highest BCUT2D eigenvalue weighted by Crippen LogP contribution is 2.31. The van der Waals surface area contributed by atoms with Crippen LogP contribution in [0.5, 0.6) is 0 Å². The summed E-state index contributed by atoms with van der Waals surface area (Å²) in [6, 6.07) is 13.3. The second-order valence-electron chi connectivity index (χ2n) is 13.9. The van der Waals surface area contributed by atoms with Gasteiger partial charge in [-0.2, -0.15) is 12.6 Å². The van der Waals surface area contributed by atoms with Gasteiger partial charge in [-0.1, -0.05) is 60.2 Å². The molecule has 2 N–H and O–H groups in total. The molecule has 0 aliphatic carbocycles. The number of amides is 3. The molecule has 0 fully saturated rings. The summed E-state index contributed by atoms with van der Waals surface area (Å²) in [6.45, 7) is 17.8. The quantitative estimate of drug-likeness (QED) is 0.235. The molecule has 0 radical (unpaired) electrons. The van der Waals surface area contributed by atoms with Gasteiger partial charge in [0.2, 0.25) is 11.8 Å². The van der Waals surface area contributed by atoms with Gasteiger partial charge in [0.15, 0.2) is 0 Å². The number of benzene rings is 2. The molecule has 0 saturated heterocycles. The average molecular weight is 628 g/mol. The number of carbonyl (C=O) groups excluding carboxylic acids is 4. The Kier molecular flexibility index (Phi) is 12.5. The molecule has 0 saturated carbocycles. The highest BCUT2D eigenvalue weighted by Gasteiger charge is 2.42. The monoisotopic (exact) mass is 627 g/mol. The Hall–Kier alpha value is -3.53. The summed E-state index contributed by atoms with van der Waals surface area (Å²) in [6.07, 6.45) is -0.589. The summed E-state index contributed by atoms with van der Waals surface area (Å²) < 4.78 is 11.1. The molecule has 9 nitrogen and oxygen atoms in total. The zero-order chi connectivity index (χ0) is 33.5. The van der Waals surface area contributed by atoms with E-state index in [4.69, 9.17) is 9.47 Å². The van der Waals surface area contributed by atoms with Crippen LogP contribution < -0.4 is 10.6 Å². The van der Waals surface area contributed by atoms with Gasteiger partial charge in [0, 0.05) is 17.7 Å². The molecule has 3 unspecified atom stereocenters. The van der Waals surface area contributed by atoms with Crippen LogP contribution in [0.4, 0.5) is 4.79 Å². The smallest absolute Gasteiger partial charge is 0.408 e. The number of rotatable bonds is 10. The molecule has 3 atom stereocenters. The van der Waals surface area contributed by atoms with Gasteiger partial charge in [-0.15, -0.1) is 0 Å². The fourth-order valence-corrected chi connectivity index (χ4v) is 4.73. The first-order valence-corrected chi connectivity index (χ1v) is 15.4. The van der Waals surface area contributed by atoms with Crippen molar-refractivity contribution >= 4 is 36.5 Å². The standard InChI is InChI=1S/C34H49N3O6S/c1-22-16-18-24(19-17-22)27(37(32(2,3)4)29(39)26(21-44)36-31(41)43-34(8,9)10)28(38)35-25(30(40)42-33(5,6)7)20-23-14-12-11-13-15-23/h11-19,25-27,44H,20-21H2,1-10H3,(H,35,38)(H,36,41). The Morgan fingerprint density at radius 2 is 1.32 bits per heavy atom. The molecular formula is C34H49N3O6S. The number of ether oxygens (including phenoxy) is 2. The van der Waals surface area contributed by atoms with E-state index in [0.717, 1.165) is 11.1 Å². The van der Waals surface area contributed by atoms with Crippen LogP contribution in [0, 0.1) is 6.92 Å². The number of hydrogen-bond donors (Lipinski definition) is 3. The molecule has 0 heterocycles. The molecule has 0 aromatic heterocycles. The normalized spacial score (nSPS) is 14.1. The summed E-state index contributed by atoms with van der Waals surface area (Å²) in [5.41, 5.74) is -0.130. The Labute approximate surface area is 267 Å². The molecule has 2 aromatic rings. The third-order valence-corrected chi connectivity index (χ3v) is 6.69. The van der Waals surface area contributed by atoms with E-state index in [-0.39, 0.29) is 12.2 Å². The highest BCUT2D eigenvalue weighted by atomic mass is 32.1. The van der Waals surface area contributed by atoms with Gasteiger partial charge in [0.05, 0.1) is 0 Å². The van der Waals surface area contributed by atoms with Crippen molar-refractivity contribution in [3.8, 4) is 0 Å². The second-order valence-corrected chi connectivity index (χ2v) is 14.2. The summed E-state index contributed by atoms with van der Waals surface area (Å²) in [4.78, 5) is 56.1. The van der Waals surface area contributed by atoms with E-state index in [1.54, 1.807) is 74.4 Å². The van der Waals surface area contributed by atoms with Gasteiger partial charge in [0.1, 0.15) is 29.3 Å². The lowest BCUT2D eigenvalue weighted by molar-refractivity contribution is -0.159. The van der Waals surface area contributed by atoms with Gasteiger partial charge in [-0.05, 0) is 80.4 Å². The van der Waals surface area contributed by atoms with Crippen LogP contribution in [0.1, 0.15) is 85.0 Å². The number of esters is 1. The Balaban J connectivity index is 2.59. The minimum atomic E-state index is -1.16. The minimum Gasteiger partial charge on any atom is -0.458 e. The first-order valence-electron chi connectivity index (χ1n) is 14.8. The molecule has 2 rings (SSSR count). The van der Waals surface area contributed by atoms with E-state index < -0.39 is 58.7 Å². The molecule has 0 aliphatic rings. The van der Waals surface area contributed by atoms with Gasteiger partial charge >= 0.3 is 12.1 Å². The number of hydrogen-bond acceptors (Lipinski definition) is 7. The number of aryl methyl sites for hydroxylation is 1. The molecule has 44 heavy (non-hydrogen) atoms. The van der Waals surface area contributed by atoms with Crippen LogP contribution in [0.15, 0.2) is 54.6 Å². The zero-order valence-electron chi connectivity index (χ0n) is 27.7. The van der Waals surface area contributed by atoms with Gasteiger partial charge < -0.3 is 25.0 Å². The van der Waals surface area contributed by atoms with Crippen molar-refractivity contribution in [3.05, 3.63) is 71.3 Å². The first kappa shape index (κ1) is 36.7. The number of carbonyl (C=O) groups is 4. The fraction of sp³-hybridized carbons (Fsp3) is 0.529. The van der Waals surface area contributed by atoms with E-state index >= 15 is 0 Å². The van der Waals surface area contributed by atoms with Crippen molar-refractivity contribution in [3.63, 3.8) is 0 Å². The van der Waals surface area contributed by atoms with Crippen molar-refractivity contribution in [1.82, 2.24) is 15.5 Å². The second kappa shape index (κ2) is 15.0. The number of alkyl carbamates (subject to hydrolysis) is 1. The van der Waals surface area contributed by atoms with Crippen LogP contribution in [-0.4, -0.2) is 63.4 Å². The molecule has 0 aliphatic heterocycles. The van der Waals surface area contributed by atoms with Gasteiger partial charge in [0.25, 0.3) is 0 Å². The Bertz CT molecular complexity index is 1280. The predicted molar refractivity (Wildman–Crippen MR) is 175 cm³/mol. The summed E-state index contributed by atoms with van der Waals surface area (Å²) in [5, 5.41) is 5.51. The van der Waals surface area contributed by atoms with Crippen LogP contribution in [0.3, 0.4) is 0 Å². The fourth-order valence-electron chi connectivity index (χ4n) is 4.48. The van der Waals surface area contributed by atoms with Crippen LogP contribution in [0.25, 0.3) is 0 Å². The third kappa shape index (κ3) is 11.5. The van der Waals surface area contributed by atoms with E-state index in [0.29, 0.717) is 5.56 Å². The van der Waals surface area contributed by atoms with Crippen molar-refractivity contribution < 1.29 is 28.7 Å². The third-order valence-electron chi connectivity index (χ3n) is 6.32. The molecule has 2 aromatic carbocycles. The summed E-state index contributed by atoms with van der Waals surface area (Å²) in [5.74, 6) is -1.73. The lowest BCUT2D eigenvalue weighted by atomic mass is 9.94. The van der Waals surface area contributed by atoms with E-state index in [9.17, 15) is 19.2 Å². The molecule has 242 valence electrons. The maximum absolute atomic E-state index is 14.4. The first-order chi connectivity index (χ1) is 20.2. The molecule has 0 spiro atoms. The van der Waals surface area contributed by atoms with Gasteiger partial charge in [-0.3, -0.25) is 9.59 Å². The minimum absolute atomic E-state index is 0.0402. The van der Waals surface area contributed by atoms with Crippen molar-refractivity contribution in [2.45, 2.75) is 111 Å². The van der Waals surface area contributed by atoms with Crippen LogP contribution >= 0.6 is 12.6 Å².